The third-order valence-electron chi connectivity index (χ3n) is 5.11. The van der Waals surface area contributed by atoms with Gasteiger partial charge >= 0.3 is 0 Å². The van der Waals surface area contributed by atoms with E-state index in [0.29, 0.717) is 43.2 Å². The zero-order chi connectivity index (χ0) is 20.1. The zero-order valence-corrected chi connectivity index (χ0v) is 16.5. The first-order valence-electron chi connectivity index (χ1n) is 9.29. The molecule has 6 nitrogen and oxygen atoms in total. The number of hydrogen-bond donors (Lipinski definition) is 0. The first-order valence-corrected chi connectivity index (χ1v) is 9.29. The maximum absolute atomic E-state index is 12.9. The second kappa shape index (κ2) is 8.77. The van der Waals surface area contributed by atoms with Gasteiger partial charge in [-0.2, -0.15) is 5.26 Å². The highest BCUT2D eigenvalue weighted by Crippen LogP contribution is 2.28. The Bertz CT molecular complexity index is 866. The molecule has 1 unspecified atom stereocenters. The van der Waals surface area contributed by atoms with Gasteiger partial charge in [-0.1, -0.05) is 29.8 Å². The number of nitriles is 1. The maximum atomic E-state index is 12.9. The molecule has 0 bridgehead atoms. The summed E-state index contributed by atoms with van der Waals surface area (Å²) in [4.78, 5) is 16.8. The molecule has 0 aliphatic carbocycles. The van der Waals surface area contributed by atoms with Gasteiger partial charge in [0, 0.05) is 31.7 Å². The fourth-order valence-electron chi connectivity index (χ4n) is 3.45. The maximum Gasteiger partial charge on any atom is 0.254 e. The summed E-state index contributed by atoms with van der Waals surface area (Å²) in [6.45, 7) is 4.51. The van der Waals surface area contributed by atoms with Gasteiger partial charge in [0.05, 0.1) is 20.3 Å². The molecule has 1 fully saturated rings. The van der Waals surface area contributed by atoms with Crippen LogP contribution in [0.2, 0.25) is 0 Å². The Labute approximate surface area is 165 Å². The number of carbonyl (C=O) groups is 1. The molecule has 0 saturated carbocycles. The van der Waals surface area contributed by atoms with Crippen molar-refractivity contribution in [2.24, 2.45) is 0 Å². The lowest BCUT2D eigenvalue weighted by Gasteiger charge is -2.37. The van der Waals surface area contributed by atoms with Crippen molar-refractivity contribution in [2.45, 2.75) is 13.0 Å². The predicted molar refractivity (Wildman–Crippen MR) is 107 cm³/mol. The third-order valence-corrected chi connectivity index (χ3v) is 5.11. The van der Waals surface area contributed by atoms with Gasteiger partial charge in [-0.15, -0.1) is 0 Å². The molecule has 6 heteroatoms. The Balaban J connectivity index is 1.67. The third kappa shape index (κ3) is 4.10. The highest BCUT2D eigenvalue weighted by atomic mass is 16.5. The monoisotopic (exact) mass is 379 g/mol. The average Bonchev–Trinajstić information content (AvgIpc) is 2.75. The number of rotatable bonds is 5. The number of nitrogens with zero attached hydrogens (tertiary/aromatic N) is 3. The van der Waals surface area contributed by atoms with Gasteiger partial charge in [-0.3, -0.25) is 9.69 Å². The first kappa shape index (κ1) is 19.7. The molecule has 1 aliphatic rings. The molecule has 2 aromatic carbocycles. The van der Waals surface area contributed by atoms with E-state index in [-0.39, 0.29) is 11.9 Å². The molecular formula is C22H25N3O3. The summed E-state index contributed by atoms with van der Waals surface area (Å²) in [5, 5.41) is 9.66. The fraction of sp³-hybridized carbons (Fsp3) is 0.364. The quantitative estimate of drug-likeness (QED) is 0.799. The van der Waals surface area contributed by atoms with Crippen LogP contribution in [0.4, 0.5) is 0 Å². The van der Waals surface area contributed by atoms with E-state index in [1.165, 1.54) is 5.56 Å². The number of piperazine rings is 1. The largest absolute Gasteiger partial charge is 0.493 e. The predicted octanol–water partition coefficient (Wildman–Crippen LogP) is 3.03. The first-order chi connectivity index (χ1) is 13.6. The number of carbonyl (C=O) groups excluding carboxylic acids is 1. The Hall–Kier alpha value is -3.04. The van der Waals surface area contributed by atoms with Gasteiger partial charge in [0.2, 0.25) is 0 Å². The normalized spacial score (nSPS) is 15.6. The summed E-state index contributed by atoms with van der Waals surface area (Å²) in [7, 11) is 3.12. The number of aryl methyl sites for hydroxylation is 1. The van der Waals surface area contributed by atoms with Gasteiger partial charge in [0.15, 0.2) is 11.5 Å². The van der Waals surface area contributed by atoms with Crippen molar-refractivity contribution in [2.75, 3.05) is 40.4 Å². The molecule has 1 aliphatic heterocycles. The van der Waals surface area contributed by atoms with Crippen LogP contribution in [0.5, 0.6) is 11.5 Å². The minimum Gasteiger partial charge on any atom is -0.493 e. The van der Waals surface area contributed by atoms with Crippen molar-refractivity contribution in [1.29, 1.82) is 5.26 Å². The molecule has 1 amide bonds. The molecule has 1 heterocycles. The number of methoxy groups -OCH3 is 2. The molecular weight excluding hydrogens is 354 g/mol. The van der Waals surface area contributed by atoms with E-state index in [9.17, 15) is 10.1 Å². The highest BCUT2D eigenvalue weighted by Gasteiger charge is 2.27. The van der Waals surface area contributed by atoms with Crippen LogP contribution in [0.25, 0.3) is 0 Å². The number of amides is 1. The molecule has 3 rings (SSSR count). The SMILES string of the molecule is COc1ccc(C(=O)N2CCN(C(C#N)c3ccc(C)cc3)CC2)cc1OC. The van der Waals surface area contributed by atoms with Gasteiger partial charge in [-0.25, -0.2) is 0 Å². The van der Waals surface area contributed by atoms with Gasteiger partial charge in [0.25, 0.3) is 5.91 Å². The van der Waals surface area contributed by atoms with Crippen LogP contribution in [-0.4, -0.2) is 56.1 Å². The molecule has 146 valence electrons. The van der Waals surface area contributed by atoms with E-state index < -0.39 is 0 Å². The van der Waals surface area contributed by atoms with Crippen LogP contribution in [0.3, 0.4) is 0 Å². The number of hydrogen-bond acceptors (Lipinski definition) is 5. The molecule has 0 aromatic heterocycles. The summed E-state index contributed by atoms with van der Waals surface area (Å²) in [6, 6.07) is 15.4. The lowest BCUT2D eigenvalue weighted by molar-refractivity contribution is 0.0606. The highest BCUT2D eigenvalue weighted by molar-refractivity contribution is 5.95. The van der Waals surface area contributed by atoms with Crippen molar-refractivity contribution in [1.82, 2.24) is 9.80 Å². The van der Waals surface area contributed by atoms with Crippen molar-refractivity contribution in [3.63, 3.8) is 0 Å². The number of ether oxygens (including phenoxy) is 2. The minimum atomic E-state index is -0.293. The van der Waals surface area contributed by atoms with E-state index in [4.69, 9.17) is 9.47 Å². The van der Waals surface area contributed by atoms with Gasteiger partial charge in [0.1, 0.15) is 6.04 Å². The summed E-state index contributed by atoms with van der Waals surface area (Å²) in [5.74, 6) is 1.10. The van der Waals surface area contributed by atoms with Crippen LogP contribution in [-0.2, 0) is 0 Å². The standard InChI is InChI=1S/C22H25N3O3/c1-16-4-6-17(7-5-16)19(15-23)24-10-12-25(13-11-24)22(26)18-8-9-20(27-2)21(14-18)28-3/h4-9,14,19H,10-13H2,1-3H3. The smallest absolute Gasteiger partial charge is 0.254 e. The van der Waals surface area contributed by atoms with Crippen LogP contribution in [0, 0.1) is 18.3 Å². The molecule has 1 atom stereocenters. The van der Waals surface area contributed by atoms with Crippen LogP contribution < -0.4 is 9.47 Å². The summed E-state index contributed by atoms with van der Waals surface area (Å²) >= 11 is 0. The molecule has 0 spiro atoms. The topological polar surface area (TPSA) is 65.8 Å². The lowest BCUT2D eigenvalue weighted by atomic mass is 10.0. The van der Waals surface area contributed by atoms with E-state index in [1.54, 1.807) is 32.4 Å². The Kier molecular flexibility index (Phi) is 6.17. The number of benzene rings is 2. The van der Waals surface area contributed by atoms with E-state index in [1.807, 2.05) is 36.1 Å². The van der Waals surface area contributed by atoms with Gasteiger partial charge in [-0.05, 0) is 30.7 Å². The Morgan fingerprint density at radius 2 is 1.64 bits per heavy atom. The van der Waals surface area contributed by atoms with Crippen molar-refractivity contribution in [3.8, 4) is 17.6 Å². The molecule has 1 saturated heterocycles. The van der Waals surface area contributed by atoms with Crippen molar-refractivity contribution in [3.05, 3.63) is 59.2 Å². The zero-order valence-electron chi connectivity index (χ0n) is 16.5. The van der Waals surface area contributed by atoms with Crippen molar-refractivity contribution >= 4 is 5.91 Å². The molecule has 2 aromatic rings. The second-order valence-electron chi connectivity index (χ2n) is 6.84. The Morgan fingerprint density at radius 1 is 1.00 bits per heavy atom. The van der Waals surface area contributed by atoms with E-state index in [0.717, 1.165) is 5.56 Å². The summed E-state index contributed by atoms with van der Waals surface area (Å²) < 4.78 is 10.5. The summed E-state index contributed by atoms with van der Waals surface area (Å²) in [5.41, 5.74) is 2.74. The second-order valence-corrected chi connectivity index (χ2v) is 6.84. The average molecular weight is 379 g/mol. The van der Waals surface area contributed by atoms with Gasteiger partial charge < -0.3 is 14.4 Å². The van der Waals surface area contributed by atoms with E-state index in [2.05, 4.69) is 11.0 Å². The minimum absolute atomic E-state index is 0.0375. The Morgan fingerprint density at radius 3 is 2.21 bits per heavy atom. The van der Waals surface area contributed by atoms with E-state index >= 15 is 0 Å². The lowest BCUT2D eigenvalue weighted by Crippen LogP contribution is -2.49. The van der Waals surface area contributed by atoms with Crippen LogP contribution >= 0.6 is 0 Å². The summed E-state index contributed by atoms with van der Waals surface area (Å²) in [6.07, 6.45) is 0. The van der Waals surface area contributed by atoms with Crippen LogP contribution in [0.1, 0.15) is 27.5 Å². The van der Waals surface area contributed by atoms with Crippen molar-refractivity contribution < 1.29 is 14.3 Å². The van der Waals surface area contributed by atoms with Crippen LogP contribution in [0.15, 0.2) is 42.5 Å². The molecule has 0 radical (unpaired) electrons. The molecule has 0 N–H and O–H groups in total. The molecule has 28 heavy (non-hydrogen) atoms. The fourth-order valence-corrected chi connectivity index (χ4v) is 3.45.